The van der Waals surface area contributed by atoms with Crippen molar-refractivity contribution in [1.29, 1.82) is 0 Å². The average Bonchev–Trinajstić information content (AvgIpc) is 2.33. The van der Waals surface area contributed by atoms with Gasteiger partial charge in [0.25, 0.3) is 5.91 Å². The molecule has 0 spiro atoms. The Kier molecular flexibility index (Phi) is 5.72. The Morgan fingerprint density at radius 3 is 2.71 bits per heavy atom. The zero-order valence-corrected chi connectivity index (χ0v) is 11.6. The molecule has 1 aromatic rings. The van der Waals surface area contributed by atoms with Gasteiger partial charge in [0, 0.05) is 19.3 Å². The minimum absolute atomic E-state index is 0.0877. The molecule has 1 rings (SSSR count). The Morgan fingerprint density at radius 2 is 2.12 bits per heavy atom. The third kappa shape index (κ3) is 3.86. The second-order valence-electron chi connectivity index (χ2n) is 3.73. The standard InChI is InChI=1S/C12H16Cl2N2O/c1-3-5-6-16(4-2)12(17)9-7-11(14)15-8-10(9)13/h7-8H,3-6H2,1-2H3. The quantitative estimate of drug-likeness (QED) is 0.768. The summed E-state index contributed by atoms with van der Waals surface area (Å²) in [6, 6.07) is 1.51. The number of aromatic nitrogens is 1. The largest absolute Gasteiger partial charge is 0.339 e. The van der Waals surface area contributed by atoms with Crippen LogP contribution >= 0.6 is 23.2 Å². The van der Waals surface area contributed by atoms with E-state index in [1.54, 1.807) is 4.90 Å². The summed E-state index contributed by atoms with van der Waals surface area (Å²) in [5.74, 6) is -0.0877. The molecule has 0 bridgehead atoms. The number of unbranched alkanes of at least 4 members (excludes halogenated alkanes) is 1. The third-order valence-corrected chi connectivity index (χ3v) is 3.01. The summed E-state index contributed by atoms with van der Waals surface area (Å²) >= 11 is 11.7. The maximum atomic E-state index is 12.2. The van der Waals surface area contributed by atoms with Crippen LogP contribution in [0.25, 0.3) is 0 Å². The highest BCUT2D eigenvalue weighted by molar-refractivity contribution is 6.35. The van der Waals surface area contributed by atoms with E-state index < -0.39 is 0 Å². The zero-order valence-electron chi connectivity index (χ0n) is 10.0. The molecule has 1 aromatic heterocycles. The van der Waals surface area contributed by atoms with Crippen molar-refractivity contribution < 1.29 is 4.79 Å². The van der Waals surface area contributed by atoms with Crippen LogP contribution in [-0.2, 0) is 0 Å². The van der Waals surface area contributed by atoms with E-state index >= 15 is 0 Å². The molecule has 0 N–H and O–H groups in total. The molecular weight excluding hydrogens is 259 g/mol. The Bertz CT molecular complexity index is 396. The molecular formula is C12H16Cl2N2O. The molecule has 94 valence electrons. The highest BCUT2D eigenvalue weighted by atomic mass is 35.5. The fourth-order valence-corrected chi connectivity index (χ4v) is 1.84. The molecule has 0 aromatic carbocycles. The van der Waals surface area contributed by atoms with Crippen LogP contribution in [-0.4, -0.2) is 28.9 Å². The van der Waals surface area contributed by atoms with Crippen LogP contribution in [0, 0.1) is 0 Å². The lowest BCUT2D eigenvalue weighted by atomic mass is 10.2. The predicted molar refractivity (Wildman–Crippen MR) is 70.7 cm³/mol. The van der Waals surface area contributed by atoms with Crippen molar-refractivity contribution in [3.8, 4) is 0 Å². The second kappa shape index (κ2) is 6.82. The second-order valence-corrected chi connectivity index (χ2v) is 4.52. The number of rotatable bonds is 5. The summed E-state index contributed by atoms with van der Waals surface area (Å²) in [5, 5.41) is 0.624. The van der Waals surface area contributed by atoms with E-state index in [4.69, 9.17) is 23.2 Å². The minimum atomic E-state index is -0.0877. The number of carbonyl (C=O) groups is 1. The minimum Gasteiger partial charge on any atom is -0.339 e. The summed E-state index contributed by atoms with van der Waals surface area (Å²) in [5.41, 5.74) is 0.421. The molecule has 0 unspecified atom stereocenters. The van der Waals surface area contributed by atoms with Gasteiger partial charge < -0.3 is 4.90 Å². The normalized spacial score (nSPS) is 10.4. The first kappa shape index (κ1) is 14.3. The molecule has 0 atom stereocenters. The van der Waals surface area contributed by atoms with Gasteiger partial charge in [-0.25, -0.2) is 4.98 Å². The lowest BCUT2D eigenvalue weighted by Crippen LogP contribution is -2.32. The zero-order chi connectivity index (χ0) is 12.8. The smallest absolute Gasteiger partial charge is 0.255 e. The molecule has 0 aliphatic heterocycles. The number of halogens is 2. The Labute approximate surface area is 112 Å². The van der Waals surface area contributed by atoms with E-state index in [0.717, 1.165) is 19.4 Å². The van der Waals surface area contributed by atoms with Gasteiger partial charge in [-0.3, -0.25) is 4.79 Å². The van der Waals surface area contributed by atoms with Gasteiger partial charge in [0.1, 0.15) is 5.15 Å². The molecule has 0 aliphatic rings. The van der Waals surface area contributed by atoms with Crippen molar-refractivity contribution in [1.82, 2.24) is 9.88 Å². The predicted octanol–water partition coefficient (Wildman–Crippen LogP) is 3.65. The average molecular weight is 275 g/mol. The molecule has 1 heterocycles. The molecule has 0 aliphatic carbocycles. The van der Waals surface area contributed by atoms with Crippen molar-refractivity contribution >= 4 is 29.1 Å². The summed E-state index contributed by atoms with van der Waals surface area (Å²) in [6.45, 7) is 5.44. The highest BCUT2D eigenvalue weighted by Gasteiger charge is 2.17. The van der Waals surface area contributed by atoms with Crippen molar-refractivity contribution in [3.63, 3.8) is 0 Å². The van der Waals surface area contributed by atoms with Gasteiger partial charge in [-0.2, -0.15) is 0 Å². The van der Waals surface area contributed by atoms with Gasteiger partial charge in [-0.1, -0.05) is 36.5 Å². The Hall–Kier alpha value is -0.800. The maximum Gasteiger partial charge on any atom is 0.255 e. The first-order valence-electron chi connectivity index (χ1n) is 5.70. The topological polar surface area (TPSA) is 33.2 Å². The van der Waals surface area contributed by atoms with Crippen LogP contribution < -0.4 is 0 Å². The SMILES string of the molecule is CCCCN(CC)C(=O)c1cc(Cl)ncc1Cl. The van der Waals surface area contributed by atoms with E-state index in [9.17, 15) is 4.79 Å². The summed E-state index contributed by atoms with van der Waals surface area (Å²) in [4.78, 5) is 17.8. The molecule has 3 nitrogen and oxygen atoms in total. The Morgan fingerprint density at radius 1 is 1.41 bits per heavy atom. The number of hydrogen-bond donors (Lipinski definition) is 0. The molecule has 0 fully saturated rings. The molecule has 17 heavy (non-hydrogen) atoms. The van der Waals surface area contributed by atoms with Crippen molar-refractivity contribution in [3.05, 3.63) is 28.0 Å². The van der Waals surface area contributed by atoms with Crippen LogP contribution in [0.5, 0.6) is 0 Å². The number of hydrogen-bond acceptors (Lipinski definition) is 2. The van der Waals surface area contributed by atoms with Gasteiger partial charge in [-0.15, -0.1) is 0 Å². The molecule has 5 heteroatoms. The number of carbonyl (C=O) groups excluding carboxylic acids is 1. The van der Waals surface area contributed by atoms with E-state index in [2.05, 4.69) is 11.9 Å². The van der Waals surface area contributed by atoms with Gasteiger partial charge in [0.2, 0.25) is 0 Å². The van der Waals surface area contributed by atoms with Crippen LogP contribution in [0.1, 0.15) is 37.0 Å². The molecule has 1 amide bonds. The number of nitrogens with zero attached hydrogens (tertiary/aromatic N) is 2. The Balaban J connectivity index is 2.89. The number of pyridine rings is 1. The lowest BCUT2D eigenvalue weighted by molar-refractivity contribution is 0.0762. The molecule has 0 radical (unpaired) electrons. The summed E-state index contributed by atoms with van der Waals surface area (Å²) in [6.07, 6.45) is 3.44. The third-order valence-electron chi connectivity index (χ3n) is 2.50. The van der Waals surface area contributed by atoms with Crippen LogP contribution in [0.3, 0.4) is 0 Å². The van der Waals surface area contributed by atoms with Crippen LogP contribution in [0.15, 0.2) is 12.3 Å². The number of amides is 1. The van der Waals surface area contributed by atoms with E-state index in [0.29, 0.717) is 17.1 Å². The highest BCUT2D eigenvalue weighted by Crippen LogP contribution is 2.20. The van der Waals surface area contributed by atoms with E-state index in [1.807, 2.05) is 6.92 Å². The van der Waals surface area contributed by atoms with Crippen LogP contribution in [0.2, 0.25) is 10.2 Å². The molecule has 0 saturated heterocycles. The lowest BCUT2D eigenvalue weighted by Gasteiger charge is -2.21. The van der Waals surface area contributed by atoms with Crippen LogP contribution in [0.4, 0.5) is 0 Å². The van der Waals surface area contributed by atoms with E-state index in [1.165, 1.54) is 12.3 Å². The summed E-state index contributed by atoms with van der Waals surface area (Å²) in [7, 11) is 0. The van der Waals surface area contributed by atoms with Crippen molar-refractivity contribution in [2.24, 2.45) is 0 Å². The van der Waals surface area contributed by atoms with Gasteiger partial charge >= 0.3 is 0 Å². The van der Waals surface area contributed by atoms with Gasteiger partial charge in [0.15, 0.2) is 0 Å². The van der Waals surface area contributed by atoms with Crippen molar-refractivity contribution in [2.75, 3.05) is 13.1 Å². The molecule has 0 saturated carbocycles. The first-order valence-corrected chi connectivity index (χ1v) is 6.46. The van der Waals surface area contributed by atoms with Gasteiger partial charge in [-0.05, 0) is 19.4 Å². The maximum absolute atomic E-state index is 12.2. The first-order chi connectivity index (χ1) is 8.10. The van der Waals surface area contributed by atoms with E-state index in [-0.39, 0.29) is 11.1 Å². The fraction of sp³-hybridized carbons (Fsp3) is 0.500. The summed E-state index contributed by atoms with van der Waals surface area (Å²) < 4.78 is 0. The monoisotopic (exact) mass is 274 g/mol. The fourth-order valence-electron chi connectivity index (χ4n) is 1.50. The van der Waals surface area contributed by atoms with Crippen molar-refractivity contribution in [2.45, 2.75) is 26.7 Å². The van der Waals surface area contributed by atoms with Gasteiger partial charge in [0.05, 0.1) is 10.6 Å².